The van der Waals surface area contributed by atoms with Gasteiger partial charge in [0.1, 0.15) is 17.8 Å². The molecule has 1 unspecified atom stereocenters. The second-order valence-corrected chi connectivity index (χ2v) is 5.95. The Morgan fingerprint density at radius 2 is 1.94 bits per heavy atom. The van der Waals surface area contributed by atoms with Crippen molar-refractivity contribution in [3.05, 3.63) is 0 Å². The van der Waals surface area contributed by atoms with Gasteiger partial charge in [-0.15, -0.1) is 0 Å². The molecular weight excluding hydrogens is 224 g/mol. The van der Waals surface area contributed by atoms with E-state index in [2.05, 4.69) is 0 Å². The Labute approximate surface area is 99.3 Å². The average molecular weight is 240 g/mol. The van der Waals surface area contributed by atoms with Gasteiger partial charge in [-0.2, -0.15) is 0 Å². The number of hydrogen-bond acceptors (Lipinski definition) is 5. The Balaban J connectivity index is 1.66. The van der Waals surface area contributed by atoms with E-state index in [4.69, 9.17) is 18.9 Å². The van der Waals surface area contributed by atoms with E-state index >= 15 is 0 Å². The van der Waals surface area contributed by atoms with Crippen molar-refractivity contribution in [2.75, 3.05) is 0 Å². The molecule has 2 bridgehead atoms. The van der Waals surface area contributed by atoms with E-state index in [1.54, 1.807) is 0 Å². The molecule has 0 aromatic rings. The predicted octanol–water partition coefficient (Wildman–Crippen LogP) is 0.753. The summed E-state index contributed by atoms with van der Waals surface area (Å²) < 4.78 is 23.2. The molecule has 3 aliphatic heterocycles. The molecule has 1 saturated carbocycles. The first-order valence-corrected chi connectivity index (χ1v) is 6.20. The van der Waals surface area contributed by atoms with E-state index in [0.29, 0.717) is 12.8 Å². The Bertz CT molecular complexity index is 392. The minimum Gasteiger partial charge on any atom is -0.456 e. The molecular formula is C12H16O5. The van der Waals surface area contributed by atoms with Crippen LogP contribution < -0.4 is 0 Å². The van der Waals surface area contributed by atoms with Gasteiger partial charge in [-0.25, -0.2) is 0 Å². The number of hydrogen-bond donors (Lipinski definition) is 0. The van der Waals surface area contributed by atoms with Crippen LogP contribution in [0.4, 0.5) is 0 Å². The highest BCUT2D eigenvalue weighted by atomic mass is 16.8. The first-order chi connectivity index (χ1) is 7.97. The second-order valence-electron chi connectivity index (χ2n) is 5.95. The standard InChI is InChI=1S/C12H16O5/c1-11(2)15-7-5-12-4-6(10(7)17-11)14-8(12)3-9(13)16-12/h6-8,10H,3-5H2,1-2H3/t6?,7-,8+,10+,12-/m1/s1. The minimum atomic E-state index is -0.558. The van der Waals surface area contributed by atoms with Gasteiger partial charge in [-0.05, 0) is 13.8 Å². The molecule has 1 spiro atoms. The van der Waals surface area contributed by atoms with Gasteiger partial charge in [0.05, 0.1) is 18.6 Å². The maximum Gasteiger partial charge on any atom is 0.309 e. The molecule has 17 heavy (non-hydrogen) atoms. The minimum absolute atomic E-state index is 0.00799. The van der Waals surface area contributed by atoms with Crippen LogP contribution in [0.2, 0.25) is 0 Å². The summed E-state index contributed by atoms with van der Waals surface area (Å²) in [7, 11) is 0. The van der Waals surface area contributed by atoms with Gasteiger partial charge in [-0.3, -0.25) is 4.79 Å². The van der Waals surface area contributed by atoms with Crippen LogP contribution in [0.25, 0.3) is 0 Å². The van der Waals surface area contributed by atoms with Crippen LogP contribution >= 0.6 is 0 Å². The first kappa shape index (κ1) is 10.3. The predicted molar refractivity (Wildman–Crippen MR) is 55.2 cm³/mol. The van der Waals surface area contributed by atoms with E-state index in [0.717, 1.165) is 6.42 Å². The summed E-state index contributed by atoms with van der Waals surface area (Å²) in [5, 5.41) is 0. The van der Waals surface area contributed by atoms with Crippen LogP contribution in [0.15, 0.2) is 0 Å². The van der Waals surface area contributed by atoms with E-state index < -0.39 is 11.4 Å². The topological polar surface area (TPSA) is 54.0 Å². The molecule has 5 atom stereocenters. The van der Waals surface area contributed by atoms with E-state index in [-0.39, 0.29) is 30.4 Å². The molecule has 4 aliphatic rings. The zero-order chi connectivity index (χ0) is 11.8. The van der Waals surface area contributed by atoms with Gasteiger partial charge in [0, 0.05) is 12.8 Å². The molecule has 0 aromatic carbocycles. The van der Waals surface area contributed by atoms with Crippen LogP contribution in [-0.2, 0) is 23.7 Å². The molecule has 5 heteroatoms. The van der Waals surface area contributed by atoms with Crippen molar-refractivity contribution in [1.82, 2.24) is 0 Å². The van der Waals surface area contributed by atoms with Gasteiger partial charge >= 0.3 is 5.97 Å². The van der Waals surface area contributed by atoms with Crippen molar-refractivity contribution in [2.45, 2.75) is 68.9 Å². The summed E-state index contributed by atoms with van der Waals surface area (Å²) in [6.07, 6.45) is 1.71. The number of carbonyl (C=O) groups is 1. The fourth-order valence-electron chi connectivity index (χ4n) is 3.74. The van der Waals surface area contributed by atoms with Crippen molar-refractivity contribution in [2.24, 2.45) is 0 Å². The molecule has 94 valence electrons. The van der Waals surface area contributed by atoms with Gasteiger partial charge in [0.25, 0.3) is 0 Å². The van der Waals surface area contributed by atoms with Crippen molar-refractivity contribution in [3.8, 4) is 0 Å². The lowest BCUT2D eigenvalue weighted by Crippen LogP contribution is -2.47. The third-order valence-corrected chi connectivity index (χ3v) is 4.28. The fourth-order valence-corrected chi connectivity index (χ4v) is 3.74. The fraction of sp³-hybridized carbons (Fsp3) is 0.917. The lowest BCUT2D eigenvalue weighted by molar-refractivity contribution is -0.162. The summed E-state index contributed by atoms with van der Waals surface area (Å²) in [5.41, 5.74) is -0.438. The Hall–Kier alpha value is -0.650. The average Bonchev–Trinajstić information content (AvgIpc) is 2.72. The summed E-state index contributed by atoms with van der Waals surface area (Å²) >= 11 is 0. The van der Waals surface area contributed by atoms with Crippen LogP contribution in [0.3, 0.4) is 0 Å². The zero-order valence-electron chi connectivity index (χ0n) is 9.97. The summed E-state index contributed by atoms with van der Waals surface area (Å²) in [5.74, 6) is -0.706. The maximum atomic E-state index is 11.4. The van der Waals surface area contributed by atoms with E-state index in [9.17, 15) is 4.79 Å². The highest BCUT2D eigenvalue weighted by Crippen LogP contribution is 2.53. The Kier molecular flexibility index (Phi) is 1.72. The molecule has 0 radical (unpaired) electrons. The first-order valence-electron chi connectivity index (χ1n) is 6.20. The molecule has 4 fully saturated rings. The second kappa shape index (κ2) is 2.84. The van der Waals surface area contributed by atoms with Crippen molar-refractivity contribution in [1.29, 1.82) is 0 Å². The summed E-state index contributed by atoms with van der Waals surface area (Å²) in [6.45, 7) is 3.82. The number of fused-ring (bicyclic) bond motifs is 3. The zero-order valence-corrected chi connectivity index (χ0v) is 9.97. The normalized spacial score (nSPS) is 54.4. The Morgan fingerprint density at radius 3 is 2.76 bits per heavy atom. The van der Waals surface area contributed by atoms with Gasteiger partial charge in [0.2, 0.25) is 0 Å². The Morgan fingerprint density at radius 1 is 1.18 bits per heavy atom. The molecule has 5 nitrogen and oxygen atoms in total. The highest BCUT2D eigenvalue weighted by molar-refractivity contribution is 5.73. The number of carbonyl (C=O) groups excluding carboxylic acids is 1. The van der Waals surface area contributed by atoms with Crippen molar-refractivity contribution < 1.29 is 23.7 Å². The summed E-state index contributed by atoms with van der Waals surface area (Å²) in [4.78, 5) is 11.4. The van der Waals surface area contributed by atoms with Crippen molar-refractivity contribution >= 4 is 5.97 Å². The molecule has 0 amide bonds. The van der Waals surface area contributed by atoms with Crippen LogP contribution in [-0.4, -0.2) is 41.8 Å². The molecule has 0 N–H and O–H groups in total. The van der Waals surface area contributed by atoms with Crippen LogP contribution in [0.5, 0.6) is 0 Å². The lowest BCUT2D eigenvalue weighted by atomic mass is 9.80. The molecule has 0 aromatic heterocycles. The van der Waals surface area contributed by atoms with Gasteiger partial charge in [0.15, 0.2) is 5.79 Å². The van der Waals surface area contributed by atoms with Gasteiger partial charge in [-0.1, -0.05) is 0 Å². The monoisotopic (exact) mass is 240 g/mol. The third-order valence-electron chi connectivity index (χ3n) is 4.28. The summed E-state index contributed by atoms with van der Waals surface area (Å²) in [6, 6.07) is 0. The van der Waals surface area contributed by atoms with Crippen LogP contribution in [0, 0.1) is 0 Å². The van der Waals surface area contributed by atoms with Crippen LogP contribution in [0.1, 0.15) is 33.1 Å². The largest absolute Gasteiger partial charge is 0.456 e. The quantitative estimate of drug-likeness (QED) is 0.585. The SMILES string of the molecule is CC1(C)O[C@@H]2C[C@]34CC(O[C@H]3CC(=O)O4)[C@@H]2O1. The van der Waals surface area contributed by atoms with E-state index in [1.807, 2.05) is 13.8 Å². The third kappa shape index (κ3) is 1.27. The van der Waals surface area contributed by atoms with Gasteiger partial charge < -0.3 is 18.9 Å². The molecule has 1 aliphatic carbocycles. The van der Waals surface area contributed by atoms with Crippen molar-refractivity contribution in [3.63, 3.8) is 0 Å². The number of rotatable bonds is 0. The number of esters is 1. The maximum absolute atomic E-state index is 11.4. The molecule has 3 saturated heterocycles. The molecule has 4 rings (SSSR count). The lowest BCUT2D eigenvalue weighted by Gasteiger charge is -2.34. The molecule has 3 heterocycles. The van der Waals surface area contributed by atoms with E-state index in [1.165, 1.54) is 0 Å². The smallest absolute Gasteiger partial charge is 0.309 e. The highest BCUT2D eigenvalue weighted by Gasteiger charge is 2.66. The number of ether oxygens (including phenoxy) is 4.